The molecule has 1 aliphatic rings. The third kappa shape index (κ3) is 3.70. The molecule has 1 fully saturated rings. The van der Waals surface area contributed by atoms with Gasteiger partial charge in [-0.2, -0.15) is 0 Å². The summed E-state index contributed by atoms with van der Waals surface area (Å²) >= 11 is 0. The van der Waals surface area contributed by atoms with Crippen LogP contribution >= 0.6 is 0 Å². The van der Waals surface area contributed by atoms with Gasteiger partial charge in [0.15, 0.2) is 0 Å². The number of fused-ring (bicyclic) bond motifs is 1. The number of para-hydroxylation sites is 1. The van der Waals surface area contributed by atoms with Gasteiger partial charge in [0.2, 0.25) is 11.8 Å². The van der Waals surface area contributed by atoms with Gasteiger partial charge in [0.05, 0.1) is 6.54 Å². The van der Waals surface area contributed by atoms with Crippen molar-refractivity contribution in [3.63, 3.8) is 0 Å². The number of carbonyl (C=O) groups is 3. The molecule has 4 rings (SSSR count). The molecule has 2 aromatic carbocycles. The molecule has 1 atom stereocenters. The fourth-order valence-electron chi connectivity index (χ4n) is 3.63. The van der Waals surface area contributed by atoms with Crippen molar-refractivity contribution in [2.45, 2.75) is 19.0 Å². The van der Waals surface area contributed by atoms with Gasteiger partial charge in [-0.25, -0.2) is 5.48 Å². The Kier molecular flexibility index (Phi) is 5.01. The van der Waals surface area contributed by atoms with E-state index in [4.69, 9.17) is 5.21 Å². The molecule has 4 N–H and O–H groups in total. The number of H-pyrrole nitrogens is 1. The van der Waals surface area contributed by atoms with Gasteiger partial charge in [-0.15, -0.1) is 0 Å². The highest BCUT2D eigenvalue weighted by atomic mass is 16.5. The maximum absolute atomic E-state index is 12.6. The lowest BCUT2D eigenvalue weighted by atomic mass is 10.0. The smallest absolute Gasteiger partial charge is 0.274 e. The molecule has 0 spiro atoms. The largest absolute Gasteiger partial charge is 0.361 e. The first-order valence-electron chi connectivity index (χ1n) is 9.22. The Balaban J connectivity index is 1.58. The summed E-state index contributed by atoms with van der Waals surface area (Å²) in [5.74, 6) is -0.958. The predicted molar refractivity (Wildman–Crippen MR) is 105 cm³/mol. The van der Waals surface area contributed by atoms with Crippen molar-refractivity contribution in [3.05, 3.63) is 71.4 Å². The van der Waals surface area contributed by atoms with E-state index in [0.717, 1.165) is 22.0 Å². The van der Waals surface area contributed by atoms with Crippen molar-refractivity contribution in [1.29, 1.82) is 0 Å². The molecule has 29 heavy (non-hydrogen) atoms. The zero-order valence-corrected chi connectivity index (χ0v) is 15.5. The number of nitrogens with zero attached hydrogens (tertiary/aromatic N) is 1. The van der Waals surface area contributed by atoms with Gasteiger partial charge < -0.3 is 15.2 Å². The van der Waals surface area contributed by atoms with Crippen LogP contribution in [-0.2, 0) is 22.6 Å². The van der Waals surface area contributed by atoms with Gasteiger partial charge in [-0.05, 0) is 29.3 Å². The molecule has 0 unspecified atom stereocenters. The fraction of sp³-hybridized carbons (Fsp3) is 0.190. The molecule has 3 amide bonds. The highest BCUT2D eigenvalue weighted by Crippen LogP contribution is 2.23. The Bertz CT molecular complexity index is 1070. The summed E-state index contributed by atoms with van der Waals surface area (Å²) in [6.07, 6.45) is 2.27. The number of hydrogen-bond acceptors (Lipinski definition) is 4. The van der Waals surface area contributed by atoms with Crippen molar-refractivity contribution in [1.82, 2.24) is 20.7 Å². The van der Waals surface area contributed by atoms with Crippen molar-refractivity contribution < 1.29 is 19.6 Å². The molecule has 8 heteroatoms. The molecule has 0 bridgehead atoms. The number of amides is 3. The van der Waals surface area contributed by atoms with Crippen molar-refractivity contribution in [3.8, 4) is 0 Å². The molecule has 2 heterocycles. The Morgan fingerprint density at radius 2 is 1.90 bits per heavy atom. The summed E-state index contributed by atoms with van der Waals surface area (Å²) in [5.41, 5.74) is 4.61. The van der Waals surface area contributed by atoms with E-state index in [2.05, 4.69) is 10.3 Å². The third-order valence-electron chi connectivity index (χ3n) is 5.17. The van der Waals surface area contributed by atoms with E-state index < -0.39 is 11.9 Å². The van der Waals surface area contributed by atoms with Gasteiger partial charge in [-0.3, -0.25) is 19.6 Å². The van der Waals surface area contributed by atoms with E-state index in [1.54, 1.807) is 34.6 Å². The summed E-state index contributed by atoms with van der Waals surface area (Å²) in [7, 11) is 0. The number of hydrogen-bond donors (Lipinski definition) is 4. The zero-order chi connectivity index (χ0) is 20.4. The monoisotopic (exact) mass is 392 g/mol. The lowest BCUT2D eigenvalue weighted by Crippen LogP contribution is -2.58. The lowest BCUT2D eigenvalue weighted by Gasteiger charge is -2.35. The normalized spacial score (nSPS) is 16.7. The first-order chi connectivity index (χ1) is 14.1. The topological polar surface area (TPSA) is 115 Å². The van der Waals surface area contributed by atoms with Gasteiger partial charge in [-0.1, -0.05) is 30.3 Å². The Hall–Kier alpha value is -3.65. The first kappa shape index (κ1) is 18.7. The van der Waals surface area contributed by atoms with Crippen LogP contribution in [0.4, 0.5) is 0 Å². The second-order valence-electron chi connectivity index (χ2n) is 6.96. The van der Waals surface area contributed by atoms with E-state index in [1.165, 1.54) is 0 Å². The Morgan fingerprint density at radius 1 is 1.14 bits per heavy atom. The Labute approximate surface area is 166 Å². The van der Waals surface area contributed by atoms with Crippen LogP contribution in [0, 0.1) is 0 Å². The molecule has 1 saturated heterocycles. The zero-order valence-electron chi connectivity index (χ0n) is 15.5. The van der Waals surface area contributed by atoms with Crippen LogP contribution in [0.2, 0.25) is 0 Å². The maximum Gasteiger partial charge on any atom is 0.274 e. The van der Waals surface area contributed by atoms with Gasteiger partial charge in [0.25, 0.3) is 5.91 Å². The predicted octanol–water partition coefficient (Wildman–Crippen LogP) is 1.36. The van der Waals surface area contributed by atoms with Gasteiger partial charge in [0, 0.05) is 35.6 Å². The molecular formula is C21H20N4O4. The maximum atomic E-state index is 12.6. The second-order valence-corrected chi connectivity index (χ2v) is 6.96. The number of rotatable bonds is 5. The highest BCUT2D eigenvalue weighted by molar-refractivity contribution is 5.96. The lowest BCUT2D eigenvalue weighted by molar-refractivity contribution is -0.146. The number of aromatic nitrogens is 1. The van der Waals surface area contributed by atoms with Crippen LogP contribution in [0.15, 0.2) is 54.7 Å². The summed E-state index contributed by atoms with van der Waals surface area (Å²) in [6.45, 7) is 0.217. The molecule has 0 radical (unpaired) electrons. The molecule has 148 valence electrons. The standard InChI is InChI=1S/C21H20N4O4/c26-19-11-23-21(28)18(9-15-10-22-17-4-2-1-3-16(15)17)25(19)12-13-5-7-14(8-6-13)20(27)24-29/h1-8,10,18,22,29H,9,11-12H2,(H,23,28)(H,24,27)/t18-/m1/s1. The summed E-state index contributed by atoms with van der Waals surface area (Å²) < 4.78 is 0. The molecular weight excluding hydrogens is 372 g/mol. The van der Waals surface area contributed by atoms with Gasteiger partial charge in [0.1, 0.15) is 6.04 Å². The van der Waals surface area contributed by atoms with E-state index in [9.17, 15) is 14.4 Å². The van der Waals surface area contributed by atoms with Crippen LogP contribution < -0.4 is 10.8 Å². The molecule has 0 aliphatic carbocycles. The molecule has 3 aromatic rings. The minimum absolute atomic E-state index is 0.0335. The molecule has 8 nitrogen and oxygen atoms in total. The number of benzene rings is 2. The highest BCUT2D eigenvalue weighted by Gasteiger charge is 2.34. The summed E-state index contributed by atoms with van der Waals surface area (Å²) in [4.78, 5) is 41.4. The minimum atomic E-state index is -0.629. The average Bonchev–Trinajstić information content (AvgIpc) is 3.16. The van der Waals surface area contributed by atoms with Crippen molar-refractivity contribution >= 4 is 28.6 Å². The molecule has 1 aromatic heterocycles. The minimum Gasteiger partial charge on any atom is -0.361 e. The van der Waals surface area contributed by atoms with E-state index in [-0.39, 0.29) is 24.9 Å². The van der Waals surface area contributed by atoms with E-state index in [0.29, 0.717) is 12.0 Å². The van der Waals surface area contributed by atoms with Gasteiger partial charge >= 0.3 is 0 Å². The summed E-state index contributed by atoms with van der Waals surface area (Å²) in [6, 6.07) is 13.7. The number of hydroxylamine groups is 1. The first-order valence-corrected chi connectivity index (χ1v) is 9.22. The molecule has 1 aliphatic heterocycles. The number of nitrogens with one attached hydrogen (secondary N) is 3. The number of carbonyl (C=O) groups excluding carboxylic acids is 3. The van der Waals surface area contributed by atoms with Crippen LogP contribution in [0.1, 0.15) is 21.5 Å². The fourth-order valence-corrected chi connectivity index (χ4v) is 3.63. The number of aromatic amines is 1. The third-order valence-corrected chi connectivity index (χ3v) is 5.17. The van der Waals surface area contributed by atoms with E-state index >= 15 is 0 Å². The van der Waals surface area contributed by atoms with Crippen molar-refractivity contribution in [2.75, 3.05) is 6.54 Å². The van der Waals surface area contributed by atoms with Crippen LogP contribution in [0.5, 0.6) is 0 Å². The quantitative estimate of drug-likeness (QED) is 0.388. The number of piperazine rings is 1. The second kappa shape index (κ2) is 7.76. The average molecular weight is 392 g/mol. The SMILES string of the molecule is O=C(NO)c1ccc(CN2C(=O)CNC(=O)[C@H]2Cc2c[nH]c3ccccc23)cc1. The molecule has 0 saturated carbocycles. The summed E-state index contributed by atoms with van der Waals surface area (Å²) in [5, 5.41) is 12.4. The Morgan fingerprint density at radius 3 is 2.66 bits per heavy atom. The van der Waals surface area contributed by atoms with Crippen molar-refractivity contribution in [2.24, 2.45) is 0 Å². The van der Waals surface area contributed by atoms with Crippen LogP contribution in [-0.4, -0.2) is 45.4 Å². The van der Waals surface area contributed by atoms with Crippen LogP contribution in [0.3, 0.4) is 0 Å². The van der Waals surface area contributed by atoms with Crippen LogP contribution in [0.25, 0.3) is 10.9 Å². The van der Waals surface area contributed by atoms with E-state index in [1.807, 2.05) is 30.5 Å².